The zero-order chi connectivity index (χ0) is 28.1. The van der Waals surface area contributed by atoms with E-state index in [2.05, 4.69) is 13.5 Å². The van der Waals surface area contributed by atoms with E-state index in [1.807, 2.05) is 6.08 Å². The number of Topliss-reactive ketones (excluding diaryl/α,β-unsaturated/α-hetero) is 1. The van der Waals surface area contributed by atoms with Crippen LogP contribution in [0.4, 0.5) is 0 Å². The Hall–Kier alpha value is -2.10. The van der Waals surface area contributed by atoms with E-state index in [4.69, 9.17) is 9.47 Å². The van der Waals surface area contributed by atoms with Crippen molar-refractivity contribution < 1.29 is 39.5 Å². The first-order chi connectivity index (χ1) is 17.8. The summed E-state index contributed by atoms with van der Waals surface area (Å²) >= 11 is 0. The number of aliphatic hydroxyl groups excluding tert-OH is 2. The third kappa shape index (κ3) is 4.25. The molecule has 0 aromatic heterocycles. The highest BCUT2D eigenvalue weighted by Crippen LogP contribution is 2.65. The maximum Gasteiger partial charge on any atom is 0.331 e. The topological polar surface area (TPSA) is 137 Å². The Morgan fingerprint density at radius 1 is 1.29 bits per heavy atom. The predicted octanol–water partition coefficient (Wildman–Crippen LogP) is 2.70. The van der Waals surface area contributed by atoms with E-state index in [0.29, 0.717) is 11.1 Å². The standard InChI is InChI=1S/C30H42O8/c1-6-7-8-9-10-11-12-13-22(32)37-29(18(2)3)15-20(5)30(36)21-14-19(4)24(33)28(21,35)16-27(17-31)26(38-27)23(30)25(29)34/h10-14,20-21,23,25-26,31,34-36H,2,6-9,15-17H2,1,3-5H3. The van der Waals surface area contributed by atoms with Crippen LogP contribution in [-0.2, 0) is 19.1 Å². The van der Waals surface area contributed by atoms with Crippen LogP contribution >= 0.6 is 0 Å². The van der Waals surface area contributed by atoms with Crippen molar-refractivity contribution in [1.29, 1.82) is 0 Å². The van der Waals surface area contributed by atoms with Crippen LogP contribution in [0, 0.1) is 17.8 Å². The maximum absolute atomic E-state index is 13.1. The molecule has 0 radical (unpaired) electrons. The molecule has 8 nitrogen and oxygen atoms in total. The summed E-state index contributed by atoms with van der Waals surface area (Å²) in [6, 6.07) is 0. The van der Waals surface area contributed by atoms with Gasteiger partial charge in [0.2, 0.25) is 0 Å². The summed E-state index contributed by atoms with van der Waals surface area (Å²) in [5, 5.41) is 46.1. The molecule has 9 atom stereocenters. The van der Waals surface area contributed by atoms with Crippen molar-refractivity contribution in [2.24, 2.45) is 17.8 Å². The lowest BCUT2D eigenvalue weighted by molar-refractivity contribution is -0.246. The van der Waals surface area contributed by atoms with Crippen LogP contribution in [0.3, 0.4) is 0 Å². The Labute approximate surface area is 224 Å². The summed E-state index contributed by atoms with van der Waals surface area (Å²) in [6.07, 6.45) is 9.99. The van der Waals surface area contributed by atoms with E-state index in [-0.39, 0.29) is 12.8 Å². The molecule has 1 heterocycles. The van der Waals surface area contributed by atoms with Gasteiger partial charge in [-0.25, -0.2) is 4.79 Å². The Kier molecular flexibility index (Phi) is 7.71. The van der Waals surface area contributed by atoms with Gasteiger partial charge in [-0.15, -0.1) is 0 Å². The van der Waals surface area contributed by atoms with Gasteiger partial charge in [-0.2, -0.15) is 0 Å². The monoisotopic (exact) mass is 530 g/mol. The van der Waals surface area contributed by atoms with Crippen molar-refractivity contribution >= 4 is 11.8 Å². The van der Waals surface area contributed by atoms with Crippen LogP contribution in [0.5, 0.6) is 0 Å². The molecule has 4 aliphatic rings. The number of hydrogen-bond acceptors (Lipinski definition) is 8. The molecular weight excluding hydrogens is 488 g/mol. The first kappa shape index (κ1) is 28.9. The third-order valence-electron chi connectivity index (χ3n) is 9.38. The number of ether oxygens (including phenoxy) is 2. The van der Waals surface area contributed by atoms with Crippen LogP contribution in [0.15, 0.2) is 48.1 Å². The summed E-state index contributed by atoms with van der Waals surface area (Å²) < 4.78 is 11.8. The number of carbonyl (C=O) groups is 2. The maximum atomic E-state index is 13.1. The van der Waals surface area contributed by atoms with E-state index >= 15 is 0 Å². The molecule has 3 fully saturated rings. The molecule has 2 saturated carbocycles. The van der Waals surface area contributed by atoms with Crippen molar-refractivity contribution in [3.05, 3.63) is 48.1 Å². The molecule has 0 spiro atoms. The lowest BCUT2D eigenvalue weighted by atomic mass is 9.54. The van der Waals surface area contributed by atoms with Crippen LogP contribution in [0.25, 0.3) is 0 Å². The minimum Gasteiger partial charge on any atom is -0.449 e. The zero-order valence-corrected chi connectivity index (χ0v) is 22.9. The number of carbonyl (C=O) groups excluding carboxylic acids is 2. The number of ketones is 1. The number of epoxide rings is 1. The number of unbranched alkanes of at least 4 members (excludes halogenated alkanes) is 3. The number of rotatable bonds is 9. The smallest absolute Gasteiger partial charge is 0.331 e. The lowest BCUT2D eigenvalue weighted by Gasteiger charge is -2.57. The Morgan fingerprint density at radius 3 is 2.63 bits per heavy atom. The summed E-state index contributed by atoms with van der Waals surface area (Å²) in [7, 11) is 0. The molecule has 4 rings (SSSR count). The molecule has 9 unspecified atom stereocenters. The van der Waals surface area contributed by atoms with Gasteiger partial charge in [0.05, 0.1) is 18.3 Å². The second-order valence-corrected chi connectivity index (χ2v) is 11.9. The third-order valence-corrected chi connectivity index (χ3v) is 9.38. The van der Waals surface area contributed by atoms with Gasteiger partial charge in [0.15, 0.2) is 11.4 Å². The van der Waals surface area contributed by atoms with Crippen LogP contribution in [0.1, 0.15) is 66.2 Å². The van der Waals surface area contributed by atoms with E-state index in [1.54, 1.807) is 39.0 Å². The van der Waals surface area contributed by atoms with Crippen molar-refractivity contribution in [3.63, 3.8) is 0 Å². The molecular formula is C30H42O8. The number of aliphatic hydroxyl groups is 4. The Balaban J connectivity index is 1.67. The highest BCUT2D eigenvalue weighted by molar-refractivity contribution is 6.04. The highest BCUT2D eigenvalue weighted by Gasteiger charge is 2.79. The predicted molar refractivity (Wildman–Crippen MR) is 141 cm³/mol. The van der Waals surface area contributed by atoms with Crippen LogP contribution < -0.4 is 0 Å². The molecule has 8 heteroatoms. The van der Waals surface area contributed by atoms with Gasteiger partial charge >= 0.3 is 5.97 Å². The Bertz CT molecular complexity index is 1080. The first-order valence-electron chi connectivity index (χ1n) is 13.7. The van der Waals surface area contributed by atoms with Crippen molar-refractivity contribution in [1.82, 2.24) is 0 Å². The van der Waals surface area contributed by atoms with Gasteiger partial charge in [0, 0.05) is 24.3 Å². The van der Waals surface area contributed by atoms with Crippen LogP contribution in [0.2, 0.25) is 0 Å². The minimum absolute atomic E-state index is 0.0233. The lowest BCUT2D eigenvalue weighted by Crippen LogP contribution is -2.70. The number of allylic oxidation sites excluding steroid dienone is 3. The van der Waals surface area contributed by atoms with Gasteiger partial charge in [-0.05, 0) is 50.2 Å². The van der Waals surface area contributed by atoms with Crippen molar-refractivity contribution in [2.75, 3.05) is 6.61 Å². The van der Waals surface area contributed by atoms with E-state index in [1.165, 1.54) is 6.08 Å². The summed E-state index contributed by atoms with van der Waals surface area (Å²) in [5.74, 6) is -3.91. The van der Waals surface area contributed by atoms with Gasteiger partial charge in [0.25, 0.3) is 0 Å². The summed E-state index contributed by atoms with van der Waals surface area (Å²) in [5.41, 5.74) is -5.89. The minimum atomic E-state index is -1.98. The van der Waals surface area contributed by atoms with Gasteiger partial charge < -0.3 is 29.9 Å². The average molecular weight is 531 g/mol. The molecule has 1 saturated heterocycles. The first-order valence-corrected chi connectivity index (χ1v) is 13.7. The molecule has 210 valence electrons. The molecule has 0 amide bonds. The second-order valence-electron chi connectivity index (χ2n) is 11.9. The van der Waals surface area contributed by atoms with Crippen LogP contribution in [-0.4, -0.2) is 73.4 Å². The molecule has 0 aromatic rings. The normalized spacial score (nSPS) is 43.8. The van der Waals surface area contributed by atoms with Gasteiger partial charge in [-0.1, -0.05) is 57.6 Å². The number of fused-ring (bicyclic) bond motifs is 5. The van der Waals surface area contributed by atoms with Crippen molar-refractivity contribution in [3.8, 4) is 0 Å². The molecule has 0 aromatic carbocycles. The molecule has 3 aliphatic carbocycles. The zero-order valence-electron chi connectivity index (χ0n) is 22.9. The quantitative estimate of drug-likeness (QED) is 0.0892. The highest BCUT2D eigenvalue weighted by atomic mass is 16.6. The van der Waals surface area contributed by atoms with E-state index in [9.17, 15) is 30.0 Å². The summed E-state index contributed by atoms with van der Waals surface area (Å²) in [4.78, 5) is 26.0. The number of hydrogen-bond donors (Lipinski definition) is 4. The molecule has 4 N–H and O–H groups in total. The molecule has 0 bridgehead atoms. The Morgan fingerprint density at radius 2 is 2.00 bits per heavy atom. The fraction of sp³-hybridized carbons (Fsp3) is 0.667. The van der Waals surface area contributed by atoms with E-state index < -0.39 is 70.7 Å². The van der Waals surface area contributed by atoms with E-state index in [0.717, 1.165) is 25.7 Å². The van der Waals surface area contributed by atoms with Crippen molar-refractivity contribution in [2.45, 2.75) is 101 Å². The van der Waals surface area contributed by atoms with Gasteiger partial charge in [-0.3, -0.25) is 4.79 Å². The largest absolute Gasteiger partial charge is 0.449 e. The number of esters is 1. The second kappa shape index (κ2) is 10.1. The fourth-order valence-corrected chi connectivity index (χ4v) is 7.24. The summed E-state index contributed by atoms with van der Waals surface area (Å²) in [6.45, 7) is 10.7. The SMILES string of the molecule is C=C(C)C1(OC(=O)C=CC=CCCCCC)CC(C)C2(O)C(C3OC3(CO)CC3(O)C(=O)C(C)=CC32)C1O. The average Bonchev–Trinajstić information content (AvgIpc) is 3.51. The van der Waals surface area contributed by atoms with Gasteiger partial charge in [0.1, 0.15) is 17.3 Å². The molecule has 38 heavy (non-hydrogen) atoms. The fourth-order valence-electron chi connectivity index (χ4n) is 7.24. The molecule has 1 aliphatic heterocycles.